The molecule has 0 saturated carbocycles. The standard InChI is InChI=1S/C13H10ClNOS/c14-11-4-2-1-3-8(11)10-7-12(16)15-13-9(10)5-6-17-13/h1-6,10H,7H2,(H,15,16). The quantitative estimate of drug-likeness (QED) is 0.831. The highest BCUT2D eigenvalue weighted by Gasteiger charge is 2.28. The van der Waals surface area contributed by atoms with Gasteiger partial charge in [-0.15, -0.1) is 11.3 Å². The highest BCUT2D eigenvalue weighted by Crippen LogP contribution is 2.41. The molecule has 0 bridgehead atoms. The van der Waals surface area contributed by atoms with Crippen LogP contribution in [0.4, 0.5) is 5.00 Å². The normalized spacial score (nSPS) is 18.6. The smallest absolute Gasteiger partial charge is 0.225 e. The number of amides is 1. The number of carbonyl (C=O) groups is 1. The first kappa shape index (κ1) is 10.8. The summed E-state index contributed by atoms with van der Waals surface area (Å²) >= 11 is 7.77. The molecule has 1 aromatic carbocycles. The predicted octanol–water partition coefficient (Wildman–Crippen LogP) is 3.88. The molecule has 4 heteroatoms. The van der Waals surface area contributed by atoms with Gasteiger partial charge in [-0.05, 0) is 28.6 Å². The summed E-state index contributed by atoms with van der Waals surface area (Å²) in [5.41, 5.74) is 2.20. The molecule has 1 aliphatic rings. The molecule has 1 atom stereocenters. The maximum atomic E-state index is 11.7. The molecule has 1 aliphatic heterocycles. The van der Waals surface area contributed by atoms with Crippen LogP contribution >= 0.6 is 22.9 Å². The Balaban J connectivity index is 2.11. The lowest BCUT2D eigenvalue weighted by Crippen LogP contribution is -2.22. The topological polar surface area (TPSA) is 29.1 Å². The van der Waals surface area contributed by atoms with E-state index in [0.29, 0.717) is 6.42 Å². The van der Waals surface area contributed by atoms with Crippen LogP contribution in [0, 0.1) is 0 Å². The highest BCUT2D eigenvalue weighted by atomic mass is 35.5. The van der Waals surface area contributed by atoms with Crippen molar-refractivity contribution in [2.24, 2.45) is 0 Å². The van der Waals surface area contributed by atoms with Crippen LogP contribution in [-0.2, 0) is 4.79 Å². The summed E-state index contributed by atoms with van der Waals surface area (Å²) in [6, 6.07) is 9.79. The van der Waals surface area contributed by atoms with E-state index < -0.39 is 0 Å². The molecule has 2 nitrogen and oxygen atoms in total. The van der Waals surface area contributed by atoms with Gasteiger partial charge >= 0.3 is 0 Å². The van der Waals surface area contributed by atoms with Crippen molar-refractivity contribution in [2.75, 3.05) is 5.32 Å². The fourth-order valence-electron chi connectivity index (χ4n) is 2.20. The number of fused-ring (bicyclic) bond motifs is 1. The molecular formula is C13H10ClNOS. The monoisotopic (exact) mass is 263 g/mol. The van der Waals surface area contributed by atoms with E-state index in [1.54, 1.807) is 11.3 Å². The van der Waals surface area contributed by atoms with Gasteiger partial charge in [0.2, 0.25) is 5.91 Å². The average molecular weight is 264 g/mol. The zero-order valence-corrected chi connectivity index (χ0v) is 10.5. The Morgan fingerprint density at radius 3 is 2.88 bits per heavy atom. The third-order valence-electron chi connectivity index (χ3n) is 2.99. The number of hydrogen-bond acceptors (Lipinski definition) is 2. The first-order valence-electron chi connectivity index (χ1n) is 5.37. The molecule has 1 amide bonds. The second-order valence-electron chi connectivity index (χ2n) is 4.03. The lowest BCUT2D eigenvalue weighted by Gasteiger charge is -2.23. The fraction of sp³-hybridized carbons (Fsp3) is 0.154. The summed E-state index contributed by atoms with van der Waals surface area (Å²) < 4.78 is 0. The van der Waals surface area contributed by atoms with Crippen LogP contribution < -0.4 is 5.32 Å². The second kappa shape index (κ2) is 4.17. The Labute approximate surface area is 108 Å². The molecule has 86 valence electrons. The molecule has 3 rings (SSSR count). The first-order chi connectivity index (χ1) is 8.25. The lowest BCUT2D eigenvalue weighted by molar-refractivity contribution is -0.116. The van der Waals surface area contributed by atoms with E-state index in [4.69, 9.17) is 11.6 Å². The molecule has 2 heterocycles. The third-order valence-corrected chi connectivity index (χ3v) is 4.18. The van der Waals surface area contributed by atoms with Crippen molar-refractivity contribution < 1.29 is 4.79 Å². The summed E-state index contributed by atoms with van der Waals surface area (Å²) in [6.45, 7) is 0. The van der Waals surface area contributed by atoms with Crippen LogP contribution in [0.15, 0.2) is 35.7 Å². The van der Waals surface area contributed by atoms with Gasteiger partial charge in [-0.1, -0.05) is 29.8 Å². The molecule has 1 aromatic heterocycles. The van der Waals surface area contributed by atoms with E-state index in [9.17, 15) is 4.79 Å². The van der Waals surface area contributed by atoms with Crippen molar-refractivity contribution in [2.45, 2.75) is 12.3 Å². The van der Waals surface area contributed by atoms with Crippen LogP contribution in [0.1, 0.15) is 23.5 Å². The number of halogens is 1. The molecule has 0 aliphatic carbocycles. The molecule has 0 saturated heterocycles. The van der Waals surface area contributed by atoms with Crippen molar-refractivity contribution >= 4 is 33.8 Å². The van der Waals surface area contributed by atoms with E-state index in [0.717, 1.165) is 15.6 Å². The summed E-state index contributed by atoms with van der Waals surface area (Å²) in [4.78, 5) is 11.7. The van der Waals surface area contributed by atoms with Crippen LogP contribution in [0.2, 0.25) is 5.02 Å². The Morgan fingerprint density at radius 1 is 1.24 bits per heavy atom. The minimum atomic E-state index is 0.0601. The van der Waals surface area contributed by atoms with Gasteiger partial charge in [0.05, 0.1) is 5.00 Å². The molecule has 1 unspecified atom stereocenters. The Morgan fingerprint density at radius 2 is 2.06 bits per heavy atom. The molecule has 0 spiro atoms. The van der Waals surface area contributed by atoms with Crippen molar-refractivity contribution in [1.82, 2.24) is 0 Å². The molecule has 2 aromatic rings. The Bertz CT molecular complexity index is 578. The van der Waals surface area contributed by atoms with Gasteiger partial charge in [-0.3, -0.25) is 4.79 Å². The molecule has 17 heavy (non-hydrogen) atoms. The molecule has 0 radical (unpaired) electrons. The number of anilines is 1. The zero-order chi connectivity index (χ0) is 11.8. The number of rotatable bonds is 1. The van der Waals surface area contributed by atoms with Crippen molar-refractivity contribution in [3.8, 4) is 0 Å². The maximum Gasteiger partial charge on any atom is 0.225 e. The van der Waals surface area contributed by atoms with Gasteiger partial charge in [0.15, 0.2) is 0 Å². The van der Waals surface area contributed by atoms with Gasteiger partial charge in [0, 0.05) is 17.4 Å². The summed E-state index contributed by atoms with van der Waals surface area (Å²) in [5.74, 6) is 0.142. The van der Waals surface area contributed by atoms with Gasteiger partial charge < -0.3 is 5.32 Å². The largest absolute Gasteiger partial charge is 0.317 e. The molecule has 1 N–H and O–H groups in total. The lowest BCUT2D eigenvalue weighted by atomic mass is 9.87. The van der Waals surface area contributed by atoms with Gasteiger partial charge in [-0.25, -0.2) is 0 Å². The fourth-order valence-corrected chi connectivity index (χ4v) is 3.34. The van der Waals surface area contributed by atoms with Crippen molar-refractivity contribution in [3.05, 3.63) is 51.9 Å². The zero-order valence-electron chi connectivity index (χ0n) is 8.94. The first-order valence-corrected chi connectivity index (χ1v) is 6.63. The number of carbonyl (C=O) groups excluding carboxylic acids is 1. The highest BCUT2D eigenvalue weighted by molar-refractivity contribution is 7.14. The summed E-state index contributed by atoms with van der Waals surface area (Å²) in [5, 5.41) is 6.57. The number of nitrogens with one attached hydrogen (secondary N) is 1. The number of benzene rings is 1. The average Bonchev–Trinajstić information content (AvgIpc) is 2.76. The van der Waals surface area contributed by atoms with Crippen LogP contribution in [0.5, 0.6) is 0 Å². The second-order valence-corrected chi connectivity index (χ2v) is 5.35. The van der Waals surface area contributed by atoms with E-state index >= 15 is 0 Å². The van der Waals surface area contributed by atoms with Crippen LogP contribution in [-0.4, -0.2) is 5.91 Å². The van der Waals surface area contributed by atoms with Gasteiger partial charge in [-0.2, -0.15) is 0 Å². The number of hydrogen-bond donors (Lipinski definition) is 1. The van der Waals surface area contributed by atoms with Gasteiger partial charge in [0.1, 0.15) is 0 Å². The maximum absolute atomic E-state index is 11.7. The van der Waals surface area contributed by atoms with Crippen LogP contribution in [0.25, 0.3) is 0 Å². The van der Waals surface area contributed by atoms with E-state index in [-0.39, 0.29) is 11.8 Å². The minimum Gasteiger partial charge on any atom is -0.317 e. The summed E-state index contributed by atoms with van der Waals surface area (Å²) in [6.07, 6.45) is 0.466. The Kier molecular flexibility index (Phi) is 2.65. The van der Waals surface area contributed by atoms with E-state index in [1.807, 2.05) is 29.6 Å². The van der Waals surface area contributed by atoms with E-state index in [1.165, 1.54) is 5.56 Å². The van der Waals surface area contributed by atoms with Gasteiger partial charge in [0.25, 0.3) is 0 Å². The molecular weight excluding hydrogens is 254 g/mol. The predicted molar refractivity (Wildman–Crippen MR) is 70.9 cm³/mol. The summed E-state index contributed by atoms with van der Waals surface area (Å²) in [7, 11) is 0. The van der Waals surface area contributed by atoms with Crippen molar-refractivity contribution in [3.63, 3.8) is 0 Å². The third kappa shape index (κ3) is 1.85. The number of thiophene rings is 1. The molecule has 0 fully saturated rings. The van der Waals surface area contributed by atoms with Crippen molar-refractivity contribution in [1.29, 1.82) is 0 Å². The SMILES string of the molecule is O=C1CC(c2ccccc2Cl)c2ccsc2N1. The van der Waals surface area contributed by atoms with Crippen LogP contribution in [0.3, 0.4) is 0 Å². The Hall–Kier alpha value is -1.32. The van der Waals surface area contributed by atoms with E-state index in [2.05, 4.69) is 11.4 Å². The minimum absolute atomic E-state index is 0.0601.